The largest absolute Gasteiger partial charge is 0.334 e. The quantitative estimate of drug-likeness (QED) is 0.802. The third-order valence-corrected chi connectivity index (χ3v) is 4.50. The molecule has 0 spiro atoms. The summed E-state index contributed by atoms with van der Waals surface area (Å²) in [5.41, 5.74) is 9.58. The van der Waals surface area contributed by atoms with Crippen LogP contribution in [0.5, 0.6) is 0 Å². The first kappa shape index (κ1) is 14.1. The molecule has 1 aromatic carbocycles. The molecule has 116 valence electrons. The van der Waals surface area contributed by atoms with E-state index in [1.165, 1.54) is 0 Å². The maximum atomic E-state index is 6.25. The summed E-state index contributed by atoms with van der Waals surface area (Å²) in [6.45, 7) is 1.95. The summed E-state index contributed by atoms with van der Waals surface area (Å²) >= 11 is 0. The smallest absolute Gasteiger partial charge is 0.259 e. The summed E-state index contributed by atoms with van der Waals surface area (Å²) in [7, 11) is 0. The molecule has 2 aromatic heterocycles. The topological polar surface area (TPSA) is 77.8 Å². The monoisotopic (exact) mass is 306 g/mol. The van der Waals surface area contributed by atoms with E-state index in [0.29, 0.717) is 11.7 Å². The predicted molar refractivity (Wildman–Crippen MR) is 87.4 cm³/mol. The van der Waals surface area contributed by atoms with E-state index in [9.17, 15) is 0 Å². The Kier molecular flexibility index (Phi) is 3.23. The van der Waals surface area contributed by atoms with Gasteiger partial charge in [-0.25, -0.2) is 0 Å². The molecule has 3 aromatic rings. The molecule has 5 heteroatoms. The van der Waals surface area contributed by atoms with Crippen molar-refractivity contribution in [2.75, 3.05) is 0 Å². The molecule has 0 aliphatic heterocycles. The summed E-state index contributed by atoms with van der Waals surface area (Å²) < 4.78 is 5.42. The molecule has 4 rings (SSSR count). The first-order valence-electron chi connectivity index (χ1n) is 7.82. The maximum absolute atomic E-state index is 6.25. The van der Waals surface area contributed by atoms with Gasteiger partial charge in [0.2, 0.25) is 0 Å². The zero-order valence-electron chi connectivity index (χ0n) is 13.0. The molecule has 0 amide bonds. The van der Waals surface area contributed by atoms with Crippen molar-refractivity contribution in [2.45, 2.75) is 31.7 Å². The lowest BCUT2D eigenvalue weighted by atomic mass is 9.77. The van der Waals surface area contributed by atoms with Gasteiger partial charge in [0.25, 0.3) is 5.89 Å². The average Bonchev–Trinajstić information content (AvgIpc) is 3.03. The fourth-order valence-electron chi connectivity index (χ4n) is 2.87. The number of rotatable bonds is 3. The molecule has 0 unspecified atom stereocenters. The lowest BCUT2D eigenvalue weighted by Gasteiger charge is -2.34. The number of benzene rings is 1. The highest BCUT2D eigenvalue weighted by atomic mass is 16.5. The number of pyridine rings is 1. The molecule has 0 radical (unpaired) electrons. The zero-order valence-corrected chi connectivity index (χ0v) is 13.0. The van der Waals surface area contributed by atoms with Crippen LogP contribution in [0.4, 0.5) is 0 Å². The van der Waals surface area contributed by atoms with Crippen LogP contribution in [-0.2, 0) is 5.54 Å². The molecule has 1 aliphatic carbocycles. The van der Waals surface area contributed by atoms with E-state index in [1.807, 2.05) is 49.4 Å². The highest BCUT2D eigenvalue weighted by Crippen LogP contribution is 2.38. The first-order valence-corrected chi connectivity index (χ1v) is 7.82. The Hall–Kier alpha value is -2.53. The van der Waals surface area contributed by atoms with Crippen LogP contribution < -0.4 is 5.73 Å². The van der Waals surface area contributed by atoms with Gasteiger partial charge in [-0.05, 0) is 38.3 Å². The fourth-order valence-corrected chi connectivity index (χ4v) is 2.87. The van der Waals surface area contributed by atoms with E-state index in [2.05, 4.69) is 15.1 Å². The van der Waals surface area contributed by atoms with E-state index < -0.39 is 5.54 Å². The third kappa shape index (κ3) is 2.43. The number of aryl methyl sites for hydroxylation is 1. The highest BCUT2D eigenvalue weighted by molar-refractivity contribution is 5.64. The molecule has 0 bridgehead atoms. The molecule has 1 fully saturated rings. The third-order valence-electron chi connectivity index (χ3n) is 4.50. The van der Waals surface area contributed by atoms with Gasteiger partial charge in [0.1, 0.15) is 0 Å². The number of aromatic nitrogens is 3. The molecule has 1 saturated carbocycles. The van der Waals surface area contributed by atoms with E-state index in [4.69, 9.17) is 10.3 Å². The minimum atomic E-state index is -0.410. The van der Waals surface area contributed by atoms with Gasteiger partial charge in [-0.3, -0.25) is 4.98 Å². The van der Waals surface area contributed by atoms with Crippen LogP contribution >= 0.6 is 0 Å². The van der Waals surface area contributed by atoms with E-state index >= 15 is 0 Å². The first-order chi connectivity index (χ1) is 11.2. The van der Waals surface area contributed by atoms with Crippen LogP contribution in [-0.4, -0.2) is 15.1 Å². The van der Waals surface area contributed by atoms with Gasteiger partial charge in [0.05, 0.1) is 22.5 Å². The van der Waals surface area contributed by atoms with Crippen LogP contribution in [0.3, 0.4) is 0 Å². The van der Waals surface area contributed by atoms with Crippen LogP contribution in [0.25, 0.3) is 22.7 Å². The fraction of sp³-hybridized carbons (Fsp3) is 0.278. The Morgan fingerprint density at radius 2 is 1.83 bits per heavy atom. The molecule has 0 atom stereocenters. The van der Waals surface area contributed by atoms with Gasteiger partial charge in [0.15, 0.2) is 5.82 Å². The SMILES string of the molecule is Cc1nc(-c2ccccc2)ccc1-c1nc(C2(N)CCC2)no1. The Bertz CT molecular complexity index is 837. The number of hydrogen-bond donors (Lipinski definition) is 1. The van der Waals surface area contributed by atoms with Crippen LogP contribution in [0.2, 0.25) is 0 Å². The van der Waals surface area contributed by atoms with Gasteiger partial charge in [-0.2, -0.15) is 4.98 Å². The summed E-state index contributed by atoms with van der Waals surface area (Å²) in [6.07, 6.45) is 2.94. The van der Waals surface area contributed by atoms with Crippen LogP contribution in [0.15, 0.2) is 47.0 Å². The van der Waals surface area contributed by atoms with Gasteiger partial charge in [0, 0.05) is 5.56 Å². The molecule has 23 heavy (non-hydrogen) atoms. The maximum Gasteiger partial charge on any atom is 0.259 e. The van der Waals surface area contributed by atoms with Crippen molar-refractivity contribution in [1.82, 2.24) is 15.1 Å². The number of nitrogens with zero attached hydrogens (tertiary/aromatic N) is 3. The Morgan fingerprint density at radius 1 is 1.04 bits per heavy atom. The highest BCUT2D eigenvalue weighted by Gasteiger charge is 2.39. The van der Waals surface area contributed by atoms with Crippen molar-refractivity contribution >= 4 is 0 Å². The lowest BCUT2D eigenvalue weighted by Crippen LogP contribution is -2.44. The Labute approximate surface area is 134 Å². The molecule has 2 N–H and O–H groups in total. The van der Waals surface area contributed by atoms with Gasteiger partial charge in [-0.15, -0.1) is 0 Å². The minimum absolute atomic E-state index is 0.410. The number of nitrogens with two attached hydrogens (primary N) is 1. The van der Waals surface area contributed by atoms with Crippen molar-refractivity contribution in [3.8, 4) is 22.7 Å². The summed E-state index contributed by atoms with van der Waals surface area (Å²) in [5, 5.41) is 4.07. The van der Waals surface area contributed by atoms with E-state index in [1.54, 1.807) is 0 Å². The van der Waals surface area contributed by atoms with Crippen LogP contribution in [0.1, 0.15) is 30.8 Å². The molecule has 5 nitrogen and oxygen atoms in total. The van der Waals surface area contributed by atoms with E-state index in [-0.39, 0.29) is 0 Å². The van der Waals surface area contributed by atoms with Gasteiger partial charge >= 0.3 is 0 Å². The zero-order chi connectivity index (χ0) is 15.9. The number of hydrogen-bond acceptors (Lipinski definition) is 5. The minimum Gasteiger partial charge on any atom is -0.334 e. The summed E-state index contributed by atoms with van der Waals surface area (Å²) in [4.78, 5) is 9.16. The van der Waals surface area contributed by atoms with Crippen molar-refractivity contribution in [3.05, 3.63) is 54.0 Å². The standard InChI is InChI=1S/C18H18N4O/c1-12-14(8-9-15(20-12)13-6-3-2-4-7-13)16-21-17(22-23-16)18(19)10-5-11-18/h2-4,6-9H,5,10-11,19H2,1H3. The molecular weight excluding hydrogens is 288 g/mol. The molecule has 1 aliphatic rings. The molecule has 0 saturated heterocycles. The normalized spacial score (nSPS) is 16.1. The second kappa shape index (κ2) is 5.28. The van der Waals surface area contributed by atoms with Crippen molar-refractivity contribution in [3.63, 3.8) is 0 Å². The average molecular weight is 306 g/mol. The van der Waals surface area contributed by atoms with Gasteiger partial charge < -0.3 is 10.3 Å². The van der Waals surface area contributed by atoms with E-state index in [0.717, 1.165) is 41.8 Å². The van der Waals surface area contributed by atoms with Gasteiger partial charge in [-0.1, -0.05) is 35.5 Å². The Morgan fingerprint density at radius 3 is 2.48 bits per heavy atom. The van der Waals surface area contributed by atoms with Crippen molar-refractivity contribution in [1.29, 1.82) is 0 Å². The Balaban J connectivity index is 1.67. The predicted octanol–water partition coefficient (Wildman–Crippen LogP) is 3.44. The second-order valence-corrected chi connectivity index (χ2v) is 6.13. The van der Waals surface area contributed by atoms with Crippen molar-refractivity contribution < 1.29 is 4.52 Å². The molecule has 2 heterocycles. The summed E-state index contributed by atoms with van der Waals surface area (Å²) in [6, 6.07) is 14.0. The lowest BCUT2D eigenvalue weighted by molar-refractivity contribution is 0.229. The molecular formula is C18H18N4O. The second-order valence-electron chi connectivity index (χ2n) is 6.13. The van der Waals surface area contributed by atoms with Crippen molar-refractivity contribution in [2.24, 2.45) is 5.73 Å². The summed E-state index contributed by atoms with van der Waals surface area (Å²) in [5.74, 6) is 1.09. The van der Waals surface area contributed by atoms with Crippen LogP contribution in [0, 0.1) is 6.92 Å².